The average molecular weight is 426 g/mol. The molecular weight excluding hydrogens is 409 g/mol. The second-order valence-electron chi connectivity index (χ2n) is 6.85. The van der Waals surface area contributed by atoms with Crippen molar-refractivity contribution in [2.75, 3.05) is 13.7 Å². The van der Waals surface area contributed by atoms with Gasteiger partial charge in [-0.2, -0.15) is 5.10 Å². The van der Waals surface area contributed by atoms with Gasteiger partial charge in [0.2, 0.25) is 0 Å². The van der Waals surface area contributed by atoms with Crippen molar-refractivity contribution >= 4 is 40.2 Å². The van der Waals surface area contributed by atoms with Crippen LogP contribution in [0.1, 0.15) is 23.3 Å². The molecule has 2 unspecified atom stereocenters. The maximum atomic E-state index is 6.66. The average Bonchev–Trinajstić information content (AvgIpc) is 3.36. The van der Waals surface area contributed by atoms with Gasteiger partial charge < -0.3 is 9.14 Å². The van der Waals surface area contributed by atoms with Crippen molar-refractivity contribution < 1.29 is 4.74 Å². The number of benzene rings is 1. The van der Waals surface area contributed by atoms with Gasteiger partial charge in [0.15, 0.2) is 5.82 Å². The molecule has 29 heavy (non-hydrogen) atoms. The Hall–Kier alpha value is -2.67. The third-order valence-electron chi connectivity index (χ3n) is 5.18. The van der Waals surface area contributed by atoms with Crippen LogP contribution in [0.3, 0.4) is 0 Å². The molecular formula is C21H17Cl2N5O. The van der Waals surface area contributed by atoms with Crippen LogP contribution in [-0.2, 0) is 4.74 Å². The fourth-order valence-corrected chi connectivity index (χ4v) is 4.39. The number of hydrogen-bond acceptors (Lipinski definition) is 4. The molecule has 0 bridgehead atoms. The minimum absolute atomic E-state index is 0.233. The minimum Gasteiger partial charge on any atom is -0.379 e. The second-order valence-corrected chi connectivity index (χ2v) is 7.63. The van der Waals surface area contributed by atoms with Crippen LogP contribution in [0.25, 0.3) is 5.52 Å². The Kier molecular flexibility index (Phi) is 4.62. The first-order valence-corrected chi connectivity index (χ1v) is 9.90. The van der Waals surface area contributed by atoms with Crippen molar-refractivity contribution in [2.45, 2.75) is 12.0 Å². The smallest absolute Gasteiger partial charge is 0.151 e. The number of halogens is 2. The molecule has 5 rings (SSSR count). The molecule has 6 nitrogen and oxygen atoms in total. The number of rotatable bonds is 4. The minimum atomic E-state index is -0.264. The van der Waals surface area contributed by atoms with E-state index in [1.165, 1.54) is 0 Å². The van der Waals surface area contributed by atoms with E-state index in [0.29, 0.717) is 16.7 Å². The first-order chi connectivity index (χ1) is 14.2. The van der Waals surface area contributed by atoms with E-state index in [2.05, 4.69) is 9.50 Å². The maximum Gasteiger partial charge on any atom is 0.151 e. The van der Waals surface area contributed by atoms with E-state index in [1.807, 2.05) is 53.5 Å². The van der Waals surface area contributed by atoms with Crippen LogP contribution in [0.4, 0.5) is 5.82 Å². The molecule has 0 radical (unpaired) electrons. The zero-order chi connectivity index (χ0) is 20.0. The van der Waals surface area contributed by atoms with Gasteiger partial charge in [-0.15, -0.1) is 0 Å². The number of imidazole rings is 1. The molecule has 2 atom stereocenters. The van der Waals surface area contributed by atoms with E-state index in [4.69, 9.17) is 37.9 Å². The molecule has 0 saturated carbocycles. The summed E-state index contributed by atoms with van der Waals surface area (Å²) in [7, 11) is 1.66. The molecule has 0 saturated heterocycles. The van der Waals surface area contributed by atoms with E-state index < -0.39 is 0 Å². The lowest BCUT2D eigenvalue weighted by molar-refractivity contribution is 0.240. The van der Waals surface area contributed by atoms with Crippen molar-refractivity contribution in [3.8, 4) is 0 Å². The molecule has 0 spiro atoms. The van der Waals surface area contributed by atoms with Crippen LogP contribution >= 0.6 is 23.2 Å². The second kappa shape index (κ2) is 7.30. The fourth-order valence-electron chi connectivity index (χ4n) is 3.97. The quantitative estimate of drug-likeness (QED) is 0.464. The molecule has 4 aromatic rings. The van der Waals surface area contributed by atoms with Crippen molar-refractivity contribution in [1.82, 2.24) is 19.2 Å². The number of fused-ring (bicyclic) bond motifs is 2. The van der Waals surface area contributed by atoms with E-state index in [-0.39, 0.29) is 12.0 Å². The van der Waals surface area contributed by atoms with Gasteiger partial charge in [-0.25, -0.2) is 14.7 Å². The molecule has 0 aliphatic carbocycles. The standard InChI is InChI=1S/C21H17Cl2N5O/c1-29-12-16-18(21-24-11-13-5-2-3-10-27(13)21)20(28-17(26-16)8-9-25-28)14-6-4-7-15(22)19(14)23/h2-11,18,20H,12H2,1H3. The Labute approximate surface area is 177 Å². The molecule has 146 valence electrons. The van der Waals surface area contributed by atoms with Crippen molar-refractivity contribution in [3.63, 3.8) is 0 Å². The number of aromatic nitrogens is 4. The van der Waals surface area contributed by atoms with E-state index in [0.717, 1.165) is 28.4 Å². The lowest BCUT2D eigenvalue weighted by Crippen LogP contribution is -2.33. The predicted octanol–water partition coefficient (Wildman–Crippen LogP) is 4.94. The van der Waals surface area contributed by atoms with Gasteiger partial charge in [-0.1, -0.05) is 41.4 Å². The van der Waals surface area contributed by atoms with Gasteiger partial charge in [0, 0.05) is 19.4 Å². The fraction of sp³-hybridized carbons (Fsp3) is 0.190. The number of nitrogens with zero attached hydrogens (tertiary/aromatic N) is 5. The molecule has 1 aromatic carbocycles. The van der Waals surface area contributed by atoms with E-state index in [9.17, 15) is 0 Å². The van der Waals surface area contributed by atoms with Crippen LogP contribution in [0.15, 0.2) is 66.0 Å². The Bertz CT molecular complexity index is 1230. The summed E-state index contributed by atoms with van der Waals surface area (Å²) in [6, 6.07) is 13.3. The predicted molar refractivity (Wildman–Crippen MR) is 114 cm³/mol. The van der Waals surface area contributed by atoms with Crippen LogP contribution in [0.2, 0.25) is 10.0 Å². The highest BCUT2D eigenvalue weighted by atomic mass is 35.5. The molecule has 4 heterocycles. The molecule has 0 fully saturated rings. The zero-order valence-electron chi connectivity index (χ0n) is 15.5. The zero-order valence-corrected chi connectivity index (χ0v) is 17.0. The van der Waals surface area contributed by atoms with Crippen molar-refractivity contribution in [1.29, 1.82) is 0 Å². The largest absolute Gasteiger partial charge is 0.379 e. The summed E-state index contributed by atoms with van der Waals surface area (Å²) in [5.74, 6) is 1.36. The highest BCUT2D eigenvalue weighted by molar-refractivity contribution is 6.42. The third-order valence-corrected chi connectivity index (χ3v) is 6.02. The van der Waals surface area contributed by atoms with Gasteiger partial charge in [-0.3, -0.25) is 0 Å². The highest BCUT2D eigenvalue weighted by Crippen LogP contribution is 2.44. The summed E-state index contributed by atoms with van der Waals surface area (Å²) in [5, 5.41) is 5.56. The Morgan fingerprint density at radius 2 is 2.00 bits per heavy atom. The Morgan fingerprint density at radius 3 is 2.86 bits per heavy atom. The SMILES string of the molecule is COCC1=Nc2ccnn2C(c2cccc(Cl)c2Cl)C1c1ncc2ccccn12. The Balaban J connectivity index is 1.79. The molecule has 0 amide bonds. The number of methoxy groups -OCH3 is 1. The normalized spacial score (nSPS) is 18.7. The first kappa shape index (κ1) is 18.4. The van der Waals surface area contributed by atoms with Gasteiger partial charge in [-0.05, 0) is 23.8 Å². The lowest BCUT2D eigenvalue weighted by atomic mass is 9.87. The summed E-state index contributed by atoms with van der Waals surface area (Å²) in [6.45, 7) is 0.367. The van der Waals surface area contributed by atoms with Gasteiger partial charge in [0.25, 0.3) is 0 Å². The molecule has 1 aliphatic heterocycles. The van der Waals surface area contributed by atoms with Crippen molar-refractivity contribution in [2.24, 2.45) is 4.99 Å². The lowest BCUT2D eigenvalue weighted by Gasteiger charge is -2.33. The summed E-state index contributed by atoms with van der Waals surface area (Å²) in [5.41, 5.74) is 2.73. The van der Waals surface area contributed by atoms with Crippen LogP contribution in [0.5, 0.6) is 0 Å². The van der Waals surface area contributed by atoms with Crippen LogP contribution < -0.4 is 0 Å². The van der Waals surface area contributed by atoms with Crippen molar-refractivity contribution in [3.05, 3.63) is 82.5 Å². The highest BCUT2D eigenvalue weighted by Gasteiger charge is 2.39. The third kappa shape index (κ3) is 2.95. The number of pyridine rings is 1. The van der Waals surface area contributed by atoms with Crippen LogP contribution in [0, 0.1) is 0 Å². The van der Waals surface area contributed by atoms with Gasteiger partial charge >= 0.3 is 0 Å². The molecule has 3 aromatic heterocycles. The molecule has 1 aliphatic rings. The van der Waals surface area contributed by atoms with Crippen LogP contribution in [-0.4, -0.2) is 38.6 Å². The van der Waals surface area contributed by atoms with E-state index >= 15 is 0 Å². The maximum absolute atomic E-state index is 6.66. The first-order valence-electron chi connectivity index (χ1n) is 9.15. The summed E-state index contributed by atoms with van der Waals surface area (Å²) in [6.07, 6.45) is 5.59. The molecule has 8 heteroatoms. The summed E-state index contributed by atoms with van der Waals surface area (Å²) >= 11 is 13.0. The number of aliphatic imine (C=N–C) groups is 1. The van der Waals surface area contributed by atoms with Gasteiger partial charge in [0.05, 0.1) is 52.2 Å². The monoisotopic (exact) mass is 425 g/mol. The molecule has 0 N–H and O–H groups in total. The van der Waals surface area contributed by atoms with Gasteiger partial charge in [0.1, 0.15) is 5.82 Å². The summed E-state index contributed by atoms with van der Waals surface area (Å²) in [4.78, 5) is 9.58. The number of ether oxygens (including phenoxy) is 1. The topological polar surface area (TPSA) is 56.7 Å². The number of hydrogen-bond donors (Lipinski definition) is 0. The van der Waals surface area contributed by atoms with E-state index in [1.54, 1.807) is 19.4 Å². The summed E-state index contributed by atoms with van der Waals surface area (Å²) < 4.78 is 9.44. The Morgan fingerprint density at radius 1 is 1.10 bits per heavy atom.